The summed E-state index contributed by atoms with van der Waals surface area (Å²) in [4.78, 5) is 0. The van der Waals surface area contributed by atoms with Crippen LogP contribution in [0.2, 0.25) is 5.02 Å². The average molecular weight is 302 g/mol. The van der Waals surface area contributed by atoms with Gasteiger partial charge in [-0.1, -0.05) is 54.1 Å². The molecule has 0 unspecified atom stereocenters. The minimum absolute atomic E-state index is 0.124. The van der Waals surface area contributed by atoms with E-state index >= 15 is 0 Å². The molecular formula is C16H13ClFN3. The van der Waals surface area contributed by atoms with Crippen molar-refractivity contribution in [2.24, 2.45) is 0 Å². The van der Waals surface area contributed by atoms with Gasteiger partial charge in [0, 0.05) is 11.1 Å². The van der Waals surface area contributed by atoms with Crippen LogP contribution in [0, 0.1) is 5.82 Å². The van der Waals surface area contributed by atoms with Crippen molar-refractivity contribution in [1.82, 2.24) is 15.0 Å². The van der Waals surface area contributed by atoms with Crippen LogP contribution in [0.15, 0.2) is 48.7 Å². The lowest BCUT2D eigenvalue weighted by Gasteiger charge is -2.09. The molecule has 0 aliphatic rings. The number of hydrogen-bond acceptors (Lipinski definition) is 2. The molecule has 106 valence electrons. The van der Waals surface area contributed by atoms with E-state index in [0.717, 1.165) is 11.3 Å². The zero-order valence-corrected chi connectivity index (χ0v) is 12.2. The molecule has 5 heteroatoms. The van der Waals surface area contributed by atoms with Crippen molar-refractivity contribution in [3.05, 3.63) is 65.1 Å². The maximum atomic E-state index is 14.1. The molecule has 3 nitrogen and oxygen atoms in total. The second-order valence-electron chi connectivity index (χ2n) is 4.63. The molecule has 0 amide bonds. The van der Waals surface area contributed by atoms with Crippen molar-refractivity contribution in [2.75, 3.05) is 0 Å². The highest BCUT2D eigenvalue weighted by atomic mass is 35.5. The van der Waals surface area contributed by atoms with Gasteiger partial charge in [-0.25, -0.2) is 9.07 Å². The molecule has 0 saturated heterocycles. The number of hydrogen-bond donors (Lipinski definition) is 0. The van der Waals surface area contributed by atoms with Crippen LogP contribution in [-0.4, -0.2) is 15.0 Å². The van der Waals surface area contributed by atoms with Gasteiger partial charge in [-0.05, 0) is 18.6 Å². The van der Waals surface area contributed by atoms with E-state index in [0.29, 0.717) is 17.7 Å². The Morgan fingerprint density at radius 1 is 1.14 bits per heavy atom. The first-order valence-corrected chi connectivity index (χ1v) is 7.03. The third-order valence-electron chi connectivity index (χ3n) is 3.33. The van der Waals surface area contributed by atoms with Gasteiger partial charge in [-0.2, -0.15) is 0 Å². The van der Waals surface area contributed by atoms with Crippen molar-refractivity contribution in [3.8, 4) is 16.9 Å². The standard InChI is InChI=1S/C16H13ClFN3/c1-2-12-15(9-8-13(17)16(12)18)21-10-14(19-20-21)11-6-4-3-5-7-11/h3-10H,2H2,1H3. The average Bonchev–Trinajstić information content (AvgIpc) is 3.00. The lowest BCUT2D eigenvalue weighted by atomic mass is 10.1. The Kier molecular flexibility index (Phi) is 3.71. The van der Waals surface area contributed by atoms with Crippen LogP contribution in [0.5, 0.6) is 0 Å². The van der Waals surface area contributed by atoms with Crippen LogP contribution in [0.3, 0.4) is 0 Å². The van der Waals surface area contributed by atoms with Crippen LogP contribution in [0.1, 0.15) is 12.5 Å². The summed E-state index contributed by atoms with van der Waals surface area (Å²) >= 11 is 5.83. The quantitative estimate of drug-likeness (QED) is 0.722. The first kappa shape index (κ1) is 13.8. The van der Waals surface area contributed by atoms with Crippen LogP contribution in [-0.2, 0) is 6.42 Å². The van der Waals surface area contributed by atoms with Crippen molar-refractivity contribution in [1.29, 1.82) is 0 Å². The van der Waals surface area contributed by atoms with Gasteiger partial charge in [0.25, 0.3) is 0 Å². The molecule has 0 saturated carbocycles. The highest BCUT2D eigenvalue weighted by molar-refractivity contribution is 6.30. The van der Waals surface area contributed by atoms with Crippen LogP contribution >= 0.6 is 11.6 Å². The maximum absolute atomic E-state index is 14.1. The van der Waals surface area contributed by atoms with E-state index in [-0.39, 0.29) is 5.02 Å². The van der Waals surface area contributed by atoms with Crippen molar-refractivity contribution in [3.63, 3.8) is 0 Å². The smallest absolute Gasteiger partial charge is 0.147 e. The van der Waals surface area contributed by atoms with Crippen LogP contribution in [0.25, 0.3) is 16.9 Å². The summed E-state index contributed by atoms with van der Waals surface area (Å²) in [5.41, 5.74) is 2.91. The predicted octanol–water partition coefficient (Wildman–Crippen LogP) is 4.29. The van der Waals surface area contributed by atoms with Crippen LogP contribution < -0.4 is 0 Å². The molecule has 3 rings (SSSR count). The Bertz CT molecular complexity index is 768. The molecule has 21 heavy (non-hydrogen) atoms. The van der Waals surface area contributed by atoms with Gasteiger partial charge in [0.1, 0.15) is 11.5 Å². The normalized spacial score (nSPS) is 10.8. The number of rotatable bonds is 3. The summed E-state index contributed by atoms with van der Waals surface area (Å²) < 4.78 is 15.7. The Labute approximate surface area is 127 Å². The summed E-state index contributed by atoms with van der Waals surface area (Å²) in [6.07, 6.45) is 2.32. The van der Waals surface area contributed by atoms with Gasteiger partial charge >= 0.3 is 0 Å². The number of benzene rings is 2. The molecular weight excluding hydrogens is 289 g/mol. The fourth-order valence-electron chi connectivity index (χ4n) is 2.26. The predicted molar refractivity (Wildman–Crippen MR) is 81.1 cm³/mol. The lowest BCUT2D eigenvalue weighted by Crippen LogP contribution is -2.02. The molecule has 0 atom stereocenters. The SMILES string of the molecule is CCc1c(-n2cc(-c3ccccc3)nn2)ccc(Cl)c1F. The minimum Gasteiger partial charge on any atom is -0.220 e. The van der Waals surface area contributed by atoms with E-state index in [1.807, 2.05) is 37.3 Å². The second-order valence-corrected chi connectivity index (χ2v) is 5.03. The van der Waals surface area contributed by atoms with Gasteiger partial charge < -0.3 is 0 Å². The van der Waals surface area contributed by atoms with E-state index in [1.54, 1.807) is 16.9 Å². The topological polar surface area (TPSA) is 30.7 Å². The summed E-state index contributed by atoms with van der Waals surface area (Å²) in [6.45, 7) is 1.88. The molecule has 0 N–H and O–H groups in total. The fourth-order valence-corrected chi connectivity index (χ4v) is 2.43. The minimum atomic E-state index is -0.395. The maximum Gasteiger partial charge on any atom is 0.147 e. The van der Waals surface area contributed by atoms with E-state index in [4.69, 9.17) is 11.6 Å². The van der Waals surface area contributed by atoms with Crippen molar-refractivity contribution in [2.45, 2.75) is 13.3 Å². The molecule has 0 spiro atoms. The zero-order chi connectivity index (χ0) is 14.8. The summed E-state index contributed by atoms with van der Waals surface area (Å²) in [5, 5.41) is 8.37. The van der Waals surface area contributed by atoms with Gasteiger partial charge in [-0.3, -0.25) is 0 Å². The molecule has 0 fully saturated rings. The molecule has 1 heterocycles. The van der Waals surface area contributed by atoms with Crippen LogP contribution in [0.4, 0.5) is 4.39 Å². The Morgan fingerprint density at radius 3 is 2.62 bits per heavy atom. The van der Waals surface area contributed by atoms with Gasteiger partial charge in [-0.15, -0.1) is 5.10 Å². The highest BCUT2D eigenvalue weighted by Gasteiger charge is 2.14. The van der Waals surface area contributed by atoms with E-state index in [1.165, 1.54) is 6.07 Å². The van der Waals surface area contributed by atoms with Gasteiger partial charge in [0.05, 0.1) is 16.9 Å². The van der Waals surface area contributed by atoms with E-state index in [9.17, 15) is 4.39 Å². The number of aromatic nitrogens is 3. The third kappa shape index (κ3) is 2.54. The van der Waals surface area contributed by atoms with Gasteiger partial charge in [0.2, 0.25) is 0 Å². The molecule has 0 radical (unpaired) electrons. The lowest BCUT2D eigenvalue weighted by molar-refractivity contribution is 0.608. The Morgan fingerprint density at radius 2 is 1.90 bits per heavy atom. The van der Waals surface area contributed by atoms with Crippen molar-refractivity contribution < 1.29 is 4.39 Å². The second kappa shape index (κ2) is 5.66. The Balaban J connectivity index is 2.07. The summed E-state index contributed by atoms with van der Waals surface area (Å²) in [7, 11) is 0. The highest BCUT2D eigenvalue weighted by Crippen LogP contribution is 2.26. The number of nitrogens with zero attached hydrogens (tertiary/aromatic N) is 3. The van der Waals surface area contributed by atoms with E-state index in [2.05, 4.69) is 10.3 Å². The monoisotopic (exact) mass is 301 g/mol. The molecule has 0 bridgehead atoms. The third-order valence-corrected chi connectivity index (χ3v) is 3.63. The largest absolute Gasteiger partial charge is 0.220 e. The Hall–Kier alpha value is -2.20. The summed E-state index contributed by atoms with van der Waals surface area (Å²) in [6, 6.07) is 13.0. The molecule has 1 aromatic heterocycles. The molecule has 3 aromatic rings. The molecule has 0 aliphatic heterocycles. The first-order valence-electron chi connectivity index (χ1n) is 6.65. The molecule has 0 aliphatic carbocycles. The fraction of sp³-hybridized carbons (Fsp3) is 0.125. The van der Waals surface area contributed by atoms with Gasteiger partial charge in [0.15, 0.2) is 0 Å². The number of halogens is 2. The zero-order valence-electron chi connectivity index (χ0n) is 11.4. The first-order chi connectivity index (χ1) is 10.2. The summed E-state index contributed by atoms with van der Waals surface area (Å²) in [5.74, 6) is -0.395. The van der Waals surface area contributed by atoms with Crippen molar-refractivity contribution >= 4 is 11.6 Å². The van der Waals surface area contributed by atoms with E-state index < -0.39 is 5.82 Å². The molecule has 2 aromatic carbocycles.